The van der Waals surface area contributed by atoms with Crippen LogP contribution in [0.25, 0.3) is 6.08 Å². The van der Waals surface area contributed by atoms with Crippen LogP contribution in [0.2, 0.25) is 0 Å². The quantitative estimate of drug-likeness (QED) is 0.341. The zero-order valence-electron chi connectivity index (χ0n) is 17.3. The van der Waals surface area contributed by atoms with Gasteiger partial charge in [0.2, 0.25) is 12.6 Å². The Kier molecular flexibility index (Phi) is 4.78. The van der Waals surface area contributed by atoms with Gasteiger partial charge in [0.25, 0.3) is 0 Å². The van der Waals surface area contributed by atoms with Gasteiger partial charge in [-0.3, -0.25) is 4.79 Å². The molecule has 32 heavy (non-hydrogen) atoms. The van der Waals surface area contributed by atoms with E-state index in [1.807, 2.05) is 6.07 Å². The lowest BCUT2D eigenvalue weighted by Gasteiger charge is -2.11. The number of Topliss-reactive ketones (excluding diaryl/α,β-unsaturated/α-hetero) is 1. The van der Waals surface area contributed by atoms with Crippen molar-refractivity contribution in [3.63, 3.8) is 0 Å². The number of ketones is 1. The molecule has 0 saturated carbocycles. The molecular formula is C25H18O7. The average Bonchev–Trinajstić information content (AvgIpc) is 3.40. The zero-order chi connectivity index (χ0) is 22.2. The molecule has 0 amide bonds. The predicted octanol–water partition coefficient (Wildman–Crippen LogP) is 4.57. The summed E-state index contributed by atoms with van der Waals surface area (Å²) in [5, 5.41) is 0. The molecule has 160 valence electrons. The summed E-state index contributed by atoms with van der Waals surface area (Å²) >= 11 is 0. The van der Waals surface area contributed by atoms with Crippen molar-refractivity contribution in [2.45, 2.75) is 6.92 Å². The molecule has 2 aliphatic rings. The van der Waals surface area contributed by atoms with Crippen LogP contribution in [-0.4, -0.2) is 25.7 Å². The highest BCUT2D eigenvalue weighted by molar-refractivity contribution is 6.15. The fourth-order valence-corrected chi connectivity index (χ4v) is 3.60. The normalized spacial score (nSPS) is 14.8. The van der Waals surface area contributed by atoms with Crippen molar-refractivity contribution in [1.82, 2.24) is 0 Å². The van der Waals surface area contributed by atoms with Gasteiger partial charge in [-0.05, 0) is 55.0 Å². The van der Waals surface area contributed by atoms with Crippen LogP contribution in [0.5, 0.6) is 28.7 Å². The third kappa shape index (κ3) is 3.33. The number of hydrogen-bond acceptors (Lipinski definition) is 7. The van der Waals surface area contributed by atoms with Crippen LogP contribution in [0.1, 0.15) is 31.8 Å². The maximum atomic E-state index is 12.9. The molecule has 7 heteroatoms. The second kappa shape index (κ2) is 7.77. The molecule has 0 bridgehead atoms. The number of ether oxygens (including phenoxy) is 5. The lowest BCUT2D eigenvalue weighted by atomic mass is 10.1. The van der Waals surface area contributed by atoms with Crippen LogP contribution >= 0.6 is 0 Å². The fraction of sp³-hybridized carbons (Fsp3) is 0.120. The van der Waals surface area contributed by atoms with Gasteiger partial charge in [0.05, 0.1) is 12.7 Å². The average molecular weight is 430 g/mol. The number of carbonyl (C=O) groups is 2. The van der Waals surface area contributed by atoms with Crippen LogP contribution in [0.3, 0.4) is 0 Å². The van der Waals surface area contributed by atoms with Crippen LogP contribution < -0.4 is 23.7 Å². The number of methoxy groups -OCH3 is 1. The lowest BCUT2D eigenvalue weighted by molar-refractivity contribution is 0.0729. The van der Waals surface area contributed by atoms with E-state index in [2.05, 4.69) is 0 Å². The van der Waals surface area contributed by atoms with Crippen molar-refractivity contribution in [3.05, 3.63) is 82.6 Å². The molecule has 0 saturated heterocycles. The van der Waals surface area contributed by atoms with Crippen molar-refractivity contribution in [2.24, 2.45) is 0 Å². The summed E-state index contributed by atoms with van der Waals surface area (Å²) in [6.07, 6.45) is 1.64. The molecule has 7 nitrogen and oxygen atoms in total. The van der Waals surface area contributed by atoms with Crippen molar-refractivity contribution < 1.29 is 33.3 Å². The maximum absolute atomic E-state index is 12.9. The zero-order valence-corrected chi connectivity index (χ0v) is 17.3. The van der Waals surface area contributed by atoms with Gasteiger partial charge in [0.15, 0.2) is 17.3 Å². The van der Waals surface area contributed by atoms with Gasteiger partial charge in [0.1, 0.15) is 22.8 Å². The molecule has 2 heterocycles. The van der Waals surface area contributed by atoms with Crippen LogP contribution in [0.15, 0.2) is 60.4 Å². The van der Waals surface area contributed by atoms with E-state index in [0.717, 1.165) is 5.56 Å². The summed E-state index contributed by atoms with van der Waals surface area (Å²) in [6, 6.07) is 15.4. The summed E-state index contributed by atoms with van der Waals surface area (Å²) in [7, 11) is 1.49. The van der Waals surface area contributed by atoms with Gasteiger partial charge >= 0.3 is 5.97 Å². The molecule has 0 fully saturated rings. The number of benzene rings is 3. The highest BCUT2D eigenvalue weighted by Gasteiger charge is 2.31. The molecule has 5 rings (SSSR count). The van der Waals surface area contributed by atoms with E-state index in [0.29, 0.717) is 45.4 Å². The number of para-hydroxylation sites is 1. The molecule has 0 spiro atoms. The Morgan fingerprint density at radius 3 is 2.66 bits per heavy atom. The summed E-state index contributed by atoms with van der Waals surface area (Å²) in [6.45, 7) is 1.91. The Bertz CT molecular complexity index is 1290. The monoisotopic (exact) mass is 430 g/mol. The molecule has 2 aliphatic heterocycles. The first-order valence-electron chi connectivity index (χ1n) is 9.88. The highest BCUT2D eigenvalue weighted by atomic mass is 16.7. The first-order valence-corrected chi connectivity index (χ1v) is 9.88. The van der Waals surface area contributed by atoms with E-state index in [1.54, 1.807) is 61.5 Å². The van der Waals surface area contributed by atoms with E-state index < -0.39 is 5.97 Å². The Labute approximate surface area is 183 Å². The lowest BCUT2D eigenvalue weighted by Crippen LogP contribution is -2.11. The van der Waals surface area contributed by atoms with Crippen molar-refractivity contribution in [2.75, 3.05) is 13.9 Å². The number of allylic oxidation sites excluding steroid dienone is 1. The van der Waals surface area contributed by atoms with Crippen LogP contribution in [0, 0.1) is 6.92 Å². The maximum Gasteiger partial charge on any atom is 0.347 e. The second-order valence-electron chi connectivity index (χ2n) is 7.21. The molecular weight excluding hydrogens is 412 g/mol. The molecule has 0 atom stereocenters. The predicted molar refractivity (Wildman–Crippen MR) is 115 cm³/mol. The molecule has 0 unspecified atom stereocenters. The van der Waals surface area contributed by atoms with Gasteiger partial charge in [-0.25, -0.2) is 4.79 Å². The van der Waals surface area contributed by atoms with Crippen molar-refractivity contribution in [1.29, 1.82) is 0 Å². The van der Waals surface area contributed by atoms with Gasteiger partial charge < -0.3 is 23.7 Å². The van der Waals surface area contributed by atoms with Crippen molar-refractivity contribution in [3.8, 4) is 28.7 Å². The largest absolute Gasteiger partial charge is 0.496 e. The first kappa shape index (κ1) is 19.7. The summed E-state index contributed by atoms with van der Waals surface area (Å²) in [4.78, 5) is 25.5. The summed E-state index contributed by atoms with van der Waals surface area (Å²) in [5.74, 6) is 1.72. The van der Waals surface area contributed by atoms with Gasteiger partial charge in [-0.15, -0.1) is 0 Å². The SMILES string of the molecule is COc1ccccc1C(=O)Oc1ccc2c(c1C)O/C(=C\c1ccc3c(c1)OCO3)C2=O. The molecule has 0 aromatic heterocycles. The molecule has 3 aromatic carbocycles. The van der Waals surface area contributed by atoms with E-state index in [-0.39, 0.29) is 18.3 Å². The van der Waals surface area contributed by atoms with E-state index in [4.69, 9.17) is 23.7 Å². The minimum absolute atomic E-state index is 0.172. The van der Waals surface area contributed by atoms with Crippen molar-refractivity contribution >= 4 is 17.8 Å². The number of carbonyl (C=O) groups excluding carboxylic acids is 2. The van der Waals surface area contributed by atoms with Gasteiger partial charge in [-0.2, -0.15) is 0 Å². The molecule has 0 radical (unpaired) electrons. The Morgan fingerprint density at radius 1 is 1.00 bits per heavy atom. The summed E-state index contributed by atoms with van der Waals surface area (Å²) in [5.41, 5.74) is 2.00. The number of hydrogen-bond donors (Lipinski definition) is 0. The fourth-order valence-electron chi connectivity index (χ4n) is 3.60. The Hall–Kier alpha value is -4.26. The topological polar surface area (TPSA) is 80.3 Å². The van der Waals surface area contributed by atoms with Gasteiger partial charge in [0, 0.05) is 5.56 Å². The smallest absolute Gasteiger partial charge is 0.347 e. The van der Waals surface area contributed by atoms with Crippen LogP contribution in [0.4, 0.5) is 0 Å². The number of rotatable bonds is 4. The van der Waals surface area contributed by atoms with E-state index in [1.165, 1.54) is 7.11 Å². The Morgan fingerprint density at radius 2 is 1.81 bits per heavy atom. The van der Waals surface area contributed by atoms with E-state index in [9.17, 15) is 9.59 Å². The summed E-state index contributed by atoms with van der Waals surface area (Å²) < 4.78 is 27.4. The Balaban J connectivity index is 1.42. The molecule has 3 aromatic rings. The number of esters is 1. The second-order valence-corrected chi connectivity index (χ2v) is 7.21. The minimum atomic E-state index is -0.564. The van der Waals surface area contributed by atoms with Crippen LogP contribution in [-0.2, 0) is 0 Å². The molecule has 0 N–H and O–H groups in total. The van der Waals surface area contributed by atoms with E-state index >= 15 is 0 Å². The van der Waals surface area contributed by atoms with Gasteiger partial charge in [-0.1, -0.05) is 18.2 Å². The first-order chi connectivity index (χ1) is 15.5. The minimum Gasteiger partial charge on any atom is -0.496 e. The standard InChI is InChI=1S/C25H18O7/c1-14-18(32-25(27)16-5-3-4-6-19(16)28-2)10-8-17-23(26)22(31-24(14)17)12-15-7-9-20-21(11-15)30-13-29-20/h3-12H,13H2,1-2H3/b22-12-. The third-order valence-electron chi connectivity index (χ3n) is 5.26. The molecule has 0 aliphatic carbocycles. The third-order valence-corrected chi connectivity index (χ3v) is 5.26. The highest BCUT2D eigenvalue weighted by Crippen LogP contribution is 2.40. The number of fused-ring (bicyclic) bond motifs is 2.